The van der Waals surface area contributed by atoms with Crippen molar-refractivity contribution in [1.82, 2.24) is 14.8 Å². The summed E-state index contributed by atoms with van der Waals surface area (Å²) in [5.74, 6) is 0.805. The van der Waals surface area contributed by atoms with Gasteiger partial charge in [0.1, 0.15) is 12.2 Å². The third-order valence-corrected chi connectivity index (χ3v) is 3.89. The SMILES string of the molecule is COC1(C(O)Cc2ncnn2C)CCCCC1. The van der Waals surface area contributed by atoms with Gasteiger partial charge in [-0.15, -0.1) is 0 Å². The fraction of sp³-hybridized carbons (Fsp3) is 0.833. The molecule has 0 amide bonds. The smallest absolute Gasteiger partial charge is 0.138 e. The molecule has 1 saturated carbocycles. The topological polar surface area (TPSA) is 60.2 Å². The summed E-state index contributed by atoms with van der Waals surface area (Å²) in [6.07, 6.45) is 6.88. The summed E-state index contributed by atoms with van der Waals surface area (Å²) < 4.78 is 7.33. The van der Waals surface area contributed by atoms with Crippen molar-refractivity contribution < 1.29 is 9.84 Å². The summed E-state index contributed by atoms with van der Waals surface area (Å²) in [5, 5.41) is 14.4. The van der Waals surface area contributed by atoms with E-state index in [0.29, 0.717) is 6.42 Å². The summed E-state index contributed by atoms with van der Waals surface area (Å²) in [5.41, 5.74) is -0.385. The summed E-state index contributed by atoms with van der Waals surface area (Å²) in [6.45, 7) is 0. The van der Waals surface area contributed by atoms with E-state index >= 15 is 0 Å². The fourth-order valence-corrected chi connectivity index (χ4v) is 2.69. The van der Waals surface area contributed by atoms with Gasteiger partial charge in [-0.1, -0.05) is 19.3 Å². The minimum Gasteiger partial charge on any atom is -0.390 e. The van der Waals surface area contributed by atoms with E-state index < -0.39 is 6.10 Å². The predicted molar refractivity (Wildman–Crippen MR) is 63.5 cm³/mol. The van der Waals surface area contributed by atoms with Crippen LogP contribution in [0.3, 0.4) is 0 Å². The normalized spacial score (nSPS) is 21.4. The molecule has 1 unspecified atom stereocenters. The van der Waals surface area contributed by atoms with Gasteiger partial charge in [0.15, 0.2) is 0 Å². The van der Waals surface area contributed by atoms with Crippen molar-refractivity contribution in [2.45, 2.75) is 50.2 Å². The van der Waals surface area contributed by atoms with Crippen LogP contribution in [0.2, 0.25) is 0 Å². The van der Waals surface area contributed by atoms with Crippen molar-refractivity contribution in [3.63, 3.8) is 0 Å². The third-order valence-electron chi connectivity index (χ3n) is 3.89. The molecular formula is C12H21N3O2. The van der Waals surface area contributed by atoms with Crippen LogP contribution in [0.5, 0.6) is 0 Å². The minimum atomic E-state index is -0.504. The number of methoxy groups -OCH3 is 1. The highest BCUT2D eigenvalue weighted by Gasteiger charge is 2.39. The monoisotopic (exact) mass is 239 g/mol. The Bertz CT molecular complexity index is 358. The van der Waals surface area contributed by atoms with E-state index in [4.69, 9.17) is 4.74 Å². The van der Waals surface area contributed by atoms with Crippen LogP contribution in [-0.4, -0.2) is 38.7 Å². The number of aliphatic hydroxyl groups excluding tert-OH is 1. The highest BCUT2D eigenvalue weighted by molar-refractivity contribution is 4.97. The lowest BCUT2D eigenvalue weighted by atomic mass is 9.79. The maximum Gasteiger partial charge on any atom is 0.138 e. The van der Waals surface area contributed by atoms with Crippen molar-refractivity contribution in [1.29, 1.82) is 0 Å². The number of nitrogens with zero attached hydrogens (tertiary/aromatic N) is 3. The molecule has 17 heavy (non-hydrogen) atoms. The maximum atomic E-state index is 10.4. The van der Waals surface area contributed by atoms with Crippen LogP contribution in [0.15, 0.2) is 6.33 Å². The first kappa shape index (κ1) is 12.5. The van der Waals surface area contributed by atoms with E-state index in [1.165, 1.54) is 12.7 Å². The van der Waals surface area contributed by atoms with Gasteiger partial charge in [0.25, 0.3) is 0 Å². The zero-order valence-electron chi connectivity index (χ0n) is 10.6. The molecular weight excluding hydrogens is 218 g/mol. The van der Waals surface area contributed by atoms with Crippen LogP contribution in [0.4, 0.5) is 0 Å². The summed E-state index contributed by atoms with van der Waals surface area (Å²) in [6, 6.07) is 0. The second-order valence-corrected chi connectivity index (χ2v) is 4.85. The van der Waals surface area contributed by atoms with Crippen LogP contribution in [0, 0.1) is 0 Å². The Hall–Kier alpha value is -0.940. The van der Waals surface area contributed by atoms with Gasteiger partial charge >= 0.3 is 0 Å². The van der Waals surface area contributed by atoms with Gasteiger partial charge < -0.3 is 9.84 Å². The lowest BCUT2D eigenvalue weighted by Crippen LogP contribution is -2.47. The van der Waals surface area contributed by atoms with Gasteiger partial charge in [0, 0.05) is 20.6 Å². The fourth-order valence-electron chi connectivity index (χ4n) is 2.69. The van der Waals surface area contributed by atoms with E-state index in [1.54, 1.807) is 11.8 Å². The van der Waals surface area contributed by atoms with E-state index in [0.717, 1.165) is 31.5 Å². The molecule has 1 aliphatic rings. The molecule has 0 radical (unpaired) electrons. The number of aliphatic hydroxyl groups is 1. The van der Waals surface area contributed by atoms with Crippen molar-refractivity contribution in [3.05, 3.63) is 12.2 Å². The number of ether oxygens (including phenoxy) is 1. The Morgan fingerprint density at radius 2 is 2.18 bits per heavy atom. The molecule has 1 aliphatic carbocycles. The first-order chi connectivity index (χ1) is 8.18. The number of hydrogen-bond acceptors (Lipinski definition) is 4. The average Bonchev–Trinajstić information content (AvgIpc) is 2.76. The van der Waals surface area contributed by atoms with Crippen LogP contribution >= 0.6 is 0 Å². The molecule has 0 saturated heterocycles. The Morgan fingerprint density at radius 3 is 2.71 bits per heavy atom. The molecule has 1 fully saturated rings. The van der Waals surface area contributed by atoms with Crippen molar-refractivity contribution in [3.8, 4) is 0 Å². The van der Waals surface area contributed by atoms with E-state index in [9.17, 15) is 5.11 Å². The quantitative estimate of drug-likeness (QED) is 0.853. The summed E-state index contributed by atoms with van der Waals surface area (Å²) >= 11 is 0. The number of aromatic nitrogens is 3. The third kappa shape index (κ3) is 2.50. The summed E-state index contributed by atoms with van der Waals surface area (Å²) in [7, 11) is 3.54. The minimum absolute atomic E-state index is 0.385. The largest absolute Gasteiger partial charge is 0.390 e. The lowest BCUT2D eigenvalue weighted by molar-refractivity contribution is -0.122. The molecule has 5 heteroatoms. The second-order valence-electron chi connectivity index (χ2n) is 4.85. The first-order valence-electron chi connectivity index (χ1n) is 6.24. The molecule has 2 rings (SSSR count). The van der Waals surface area contributed by atoms with E-state index in [1.807, 2.05) is 7.05 Å². The molecule has 0 aliphatic heterocycles. The molecule has 1 aromatic heterocycles. The Kier molecular flexibility index (Phi) is 3.79. The molecule has 1 N–H and O–H groups in total. The zero-order chi connectivity index (χ0) is 12.3. The molecule has 5 nitrogen and oxygen atoms in total. The molecule has 0 bridgehead atoms. The highest BCUT2D eigenvalue weighted by Crippen LogP contribution is 2.35. The Balaban J connectivity index is 2.07. The average molecular weight is 239 g/mol. The number of aryl methyl sites for hydroxylation is 1. The van der Waals surface area contributed by atoms with Crippen LogP contribution in [-0.2, 0) is 18.2 Å². The van der Waals surface area contributed by atoms with Gasteiger partial charge in [0.05, 0.1) is 11.7 Å². The van der Waals surface area contributed by atoms with Crippen LogP contribution in [0.1, 0.15) is 37.9 Å². The van der Waals surface area contributed by atoms with Gasteiger partial charge in [-0.2, -0.15) is 5.10 Å². The maximum absolute atomic E-state index is 10.4. The molecule has 0 spiro atoms. The summed E-state index contributed by atoms with van der Waals surface area (Å²) in [4.78, 5) is 4.15. The predicted octanol–water partition coefficient (Wildman–Crippen LogP) is 1.07. The van der Waals surface area contributed by atoms with E-state index in [2.05, 4.69) is 10.1 Å². The number of hydrogen-bond donors (Lipinski definition) is 1. The zero-order valence-corrected chi connectivity index (χ0v) is 10.6. The molecule has 1 atom stereocenters. The molecule has 0 aromatic carbocycles. The second kappa shape index (κ2) is 5.14. The lowest BCUT2D eigenvalue weighted by Gasteiger charge is -2.39. The Labute approximate surface area is 102 Å². The Morgan fingerprint density at radius 1 is 1.47 bits per heavy atom. The van der Waals surface area contributed by atoms with Gasteiger partial charge in [-0.3, -0.25) is 4.68 Å². The van der Waals surface area contributed by atoms with Gasteiger partial charge in [-0.25, -0.2) is 4.98 Å². The van der Waals surface area contributed by atoms with E-state index in [-0.39, 0.29) is 5.60 Å². The number of rotatable bonds is 4. The molecule has 1 aromatic rings. The van der Waals surface area contributed by atoms with Gasteiger partial charge in [-0.05, 0) is 12.8 Å². The molecule has 96 valence electrons. The van der Waals surface area contributed by atoms with Crippen molar-refractivity contribution in [2.24, 2.45) is 7.05 Å². The van der Waals surface area contributed by atoms with Crippen molar-refractivity contribution in [2.75, 3.05) is 7.11 Å². The standard InChI is InChI=1S/C12H21N3O2/c1-15-11(13-9-14-15)8-10(16)12(17-2)6-4-3-5-7-12/h9-10,16H,3-8H2,1-2H3. The molecule has 1 heterocycles. The first-order valence-corrected chi connectivity index (χ1v) is 6.24. The van der Waals surface area contributed by atoms with Crippen molar-refractivity contribution >= 4 is 0 Å². The van der Waals surface area contributed by atoms with Crippen LogP contribution in [0.25, 0.3) is 0 Å². The van der Waals surface area contributed by atoms with Crippen LogP contribution < -0.4 is 0 Å². The highest BCUT2D eigenvalue weighted by atomic mass is 16.5. The van der Waals surface area contributed by atoms with Gasteiger partial charge in [0.2, 0.25) is 0 Å².